The number of fused-ring (bicyclic) bond motifs is 2. The Kier molecular flexibility index (Phi) is 2.12. The average Bonchev–Trinajstić information content (AvgIpc) is 2.35. The van der Waals surface area contributed by atoms with Crippen LogP contribution in [-0.2, 0) is 0 Å². The third kappa shape index (κ3) is 1.56. The van der Waals surface area contributed by atoms with E-state index in [-0.39, 0.29) is 5.76 Å². The fraction of sp³-hybridized carbons (Fsp3) is 0. The molecule has 17 heavy (non-hydrogen) atoms. The summed E-state index contributed by atoms with van der Waals surface area (Å²) < 4.78 is 0. The zero-order chi connectivity index (χ0) is 11.8. The van der Waals surface area contributed by atoms with Crippen LogP contribution < -0.4 is 0 Å². The summed E-state index contributed by atoms with van der Waals surface area (Å²) in [6.07, 6.45) is 0. The maximum atomic E-state index is 9.60. The normalized spacial score (nSPS) is 10.8. The molecule has 0 aliphatic rings. The van der Waals surface area contributed by atoms with Crippen molar-refractivity contribution in [3.8, 4) is 0 Å². The lowest BCUT2D eigenvalue weighted by atomic mass is 9.99. The van der Waals surface area contributed by atoms with Gasteiger partial charge in [0.1, 0.15) is 5.76 Å². The van der Waals surface area contributed by atoms with Gasteiger partial charge in [-0.25, -0.2) is 0 Å². The first-order chi connectivity index (χ1) is 8.25. The van der Waals surface area contributed by atoms with Crippen LogP contribution >= 0.6 is 0 Å². The molecule has 0 heterocycles. The second kappa shape index (κ2) is 3.63. The zero-order valence-corrected chi connectivity index (χ0v) is 9.35. The van der Waals surface area contributed by atoms with Crippen LogP contribution in [0.2, 0.25) is 0 Å². The highest BCUT2D eigenvalue weighted by Gasteiger charge is 2.04. The van der Waals surface area contributed by atoms with Crippen molar-refractivity contribution in [1.29, 1.82) is 0 Å². The molecule has 0 aliphatic carbocycles. The first-order valence-corrected chi connectivity index (χ1v) is 5.55. The molecule has 0 aliphatic heterocycles. The first-order valence-electron chi connectivity index (χ1n) is 5.55. The fourth-order valence-electron chi connectivity index (χ4n) is 2.22. The summed E-state index contributed by atoms with van der Waals surface area (Å²) in [6.45, 7) is 3.61. The van der Waals surface area contributed by atoms with Crippen LogP contribution in [0.5, 0.6) is 0 Å². The number of aliphatic hydroxyl groups is 1. The van der Waals surface area contributed by atoms with Crippen LogP contribution in [0.25, 0.3) is 27.3 Å². The lowest BCUT2D eigenvalue weighted by Gasteiger charge is -2.07. The molecule has 1 N–H and O–H groups in total. The molecule has 1 nitrogen and oxygen atoms in total. The van der Waals surface area contributed by atoms with Crippen molar-refractivity contribution in [1.82, 2.24) is 0 Å². The highest BCUT2D eigenvalue weighted by molar-refractivity contribution is 6.02. The Hall–Kier alpha value is -2.28. The van der Waals surface area contributed by atoms with Gasteiger partial charge in [0.25, 0.3) is 0 Å². The van der Waals surface area contributed by atoms with Gasteiger partial charge >= 0.3 is 0 Å². The van der Waals surface area contributed by atoms with Gasteiger partial charge in [-0.3, -0.25) is 0 Å². The largest absolute Gasteiger partial charge is 0.508 e. The summed E-state index contributed by atoms with van der Waals surface area (Å²) in [4.78, 5) is 0. The Morgan fingerprint density at radius 3 is 2.18 bits per heavy atom. The fourth-order valence-corrected chi connectivity index (χ4v) is 2.22. The van der Waals surface area contributed by atoms with E-state index in [2.05, 4.69) is 30.8 Å². The summed E-state index contributed by atoms with van der Waals surface area (Å²) in [6, 6.07) is 18.3. The van der Waals surface area contributed by atoms with Gasteiger partial charge in [-0.1, -0.05) is 49.0 Å². The molecule has 82 valence electrons. The van der Waals surface area contributed by atoms with Crippen molar-refractivity contribution in [3.05, 3.63) is 66.7 Å². The molecule has 1 heteroatoms. The van der Waals surface area contributed by atoms with Crippen LogP contribution in [-0.4, -0.2) is 5.11 Å². The minimum atomic E-state index is 0.117. The topological polar surface area (TPSA) is 20.2 Å². The van der Waals surface area contributed by atoms with Gasteiger partial charge in [-0.15, -0.1) is 0 Å². The lowest BCUT2D eigenvalue weighted by molar-refractivity contribution is 0.514. The molecule has 0 saturated carbocycles. The summed E-state index contributed by atoms with van der Waals surface area (Å²) in [7, 11) is 0. The Balaban J connectivity index is 2.47. The van der Waals surface area contributed by atoms with Crippen molar-refractivity contribution in [2.24, 2.45) is 0 Å². The van der Waals surface area contributed by atoms with E-state index in [1.54, 1.807) is 0 Å². The smallest absolute Gasteiger partial charge is 0.116 e. The average molecular weight is 220 g/mol. The zero-order valence-electron chi connectivity index (χ0n) is 9.35. The number of rotatable bonds is 1. The molecule has 0 unspecified atom stereocenters. The molecule has 0 spiro atoms. The molecule has 0 radical (unpaired) electrons. The van der Waals surface area contributed by atoms with Gasteiger partial charge in [0.2, 0.25) is 0 Å². The molecular formula is C16H12O. The van der Waals surface area contributed by atoms with Crippen LogP contribution in [0, 0.1) is 0 Å². The number of hydrogen-bond acceptors (Lipinski definition) is 1. The van der Waals surface area contributed by atoms with Gasteiger partial charge in [-0.05, 0) is 33.7 Å². The van der Waals surface area contributed by atoms with E-state index >= 15 is 0 Å². The predicted molar refractivity (Wildman–Crippen MR) is 73.1 cm³/mol. The molecule has 0 fully saturated rings. The molecule has 0 bridgehead atoms. The van der Waals surface area contributed by atoms with Crippen molar-refractivity contribution >= 4 is 27.3 Å². The number of hydrogen-bond donors (Lipinski definition) is 1. The SMILES string of the molecule is C=C(O)c1cccc2cc3ccccc3cc12. The molecule has 0 amide bonds. The van der Waals surface area contributed by atoms with E-state index < -0.39 is 0 Å². The third-order valence-electron chi connectivity index (χ3n) is 3.06. The highest BCUT2D eigenvalue weighted by atomic mass is 16.3. The van der Waals surface area contributed by atoms with Crippen LogP contribution in [0.4, 0.5) is 0 Å². The minimum absolute atomic E-state index is 0.117. The molecule has 0 aromatic heterocycles. The molecule has 3 aromatic rings. The van der Waals surface area contributed by atoms with Crippen molar-refractivity contribution in [3.63, 3.8) is 0 Å². The van der Waals surface area contributed by atoms with Gasteiger partial charge in [-0.2, -0.15) is 0 Å². The quantitative estimate of drug-likeness (QED) is 0.472. The van der Waals surface area contributed by atoms with Gasteiger partial charge < -0.3 is 5.11 Å². The van der Waals surface area contributed by atoms with E-state index in [1.165, 1.54) is 10.8 Å². The summed E-state index contributed by atoms with van der Waals surface area (Å²) in [5.41, 5.74) is 0.799. The van der Waals surface area contributed by atoms with Crippen molar-refractivity contribution in [2.75, 3.05) is 0 Å². The van der Waals surface area contributed by atoms with Gasteiger partial charge in [0.05, 0.1) is 0 Å². The van der Waals surface area contributed by atoms with Gasteiger partial charge in [0.15, 0.2) is 0 Å². The summed E-state index contributed by atoms with van der Waals surface area (Å²) in [5.74, 6) is 0.117. The molecule has 3 aromatic carbocycles. The monoisotopic (exact) mass is 220 g/mol. The van der Waals surface area contributed by atoms with Crippen LogP contribution in [0.15, 0.2) is 61.2 Å². The van der Waals surface area contributed by atoms with Crippen molar-refractivity contribution < 1.29 is 5.11 Å². The highest BCUT2D eigenvalue weighted by Crippen LogP contribution is 2.27. The Morgan fingerprint density at radius 1 is 0.824 bits per heavy atom. The maximum Gasteiger partial charge on any atom is 0.116 e. The lowest BCUT2D eigenvalue weighted by Crippen LogP contribution is -1.84. The van der Waals surface area contributed by atoms with Crippen LogP contribution in [0.3, 0.4) is 0 Å². The number of benzene rings is 3. The molecule has 0 atom stereocenters. The second-order valence-electron chi connectivity index (χ2n) is 4.17. The third-order valence-corrected chi connectivity index (χ3v) is 3.06. The van der Waals surface area contributed by atoms with E-state index in [1.807, 2.05) is 30.3 Å². The van der Waals surface area contributed by atoms with Crippen LogP contribution in [0.1, 0.15) is 5.56 Å². The van der Waals surface area contributed by atoms with E-state index in [9.17, 15) is 5.11 Å². The minimum Gasteiger partial charge on any atom is -0.508 e. The summed E-state index contributed by atoms with van der Waals surface area (Å²) in [5, 5.41) is 14.1. The standard InChI is InChI=1S/C16H12O/c1-11(17)15-8-4-7-14-9-12-5-2-3-6-13(12)10-16(14)15/h2-10,17H,1H2. The Morgan fingerprint density at radius 2 is 1.47 bits per heavy atom. The molecular weight excluding hydrogens is 208 g/mol. The Bertz CT molecular complexity index is 726. The number of aliphatic hydroxyl groups excluding tert-OH is 1. The maximum absolute atomic E-state index is 9.60. The Labute approximate surface area is 99.6 Å². The van der Waals surface area contributed by atoms with E-state index in [0.717, 1.165) is 16.3 Å². The molecule has 0 saturated heterocycles. The summed E-state index contributed by atoms with van der Waals surface area (Å²) >= 11 is 0. The van der Waals surface area contributed by atoms with Gasteiger partial charge in [0, 0.05) is 5.56 Å². The predicted octanol–water partition coefficient (Wildman–Crippen LogP) is 4.52. The molecule has 3 rings (SSSR count). The second-order valence-corrected chi connectivity index (χ2v) is 4.17. The first kappa shape index (κ1) is 9.91. The van der Waals surface area contributed by atoms with E-state index in [4.69, 9.17) is 0 Å². The van der Waals surface area contributed by atoms with E-state index in [0.29, 0.717) is 0 Å². The van der Waals surface area contributed by atoms with Crippen molar-refractivity contribution in [2.45, 2.75) is 0 Å².